The summed E-state index contributed by atoms with van der Waals surface area (Å²) in [5.41, 5.74) is 1.94. The molecule has 0 bridgehead atoms. The van der Waals surface area contributed by atoms with E-state index in [0.717, 1.165) is 35.1 Å². The van der Waals surface area contributed by atoms with E-state index < -0.39 is 6.10 Å². The third-order valence-electron chi connectivity index (χ3n) is 3.18. The van der Waals surface area contributed by atoms with Crippen molar-refractivity contribution in [3.8, 4) is 0 Å². The molecule has 94 valence electrons. The molecule has 0 aliphatic carbocycles. The van der Waals surface area contributed by atoms with Gasteiger partial charge in [0.1, 0.15) is 0 Å². The summed E-state index contributed by atoms with van der Waals surface area (Å²) < 4.78 is 0.997. The van der Waals surface area contributed by atoms with E-state index in [9.17, 15) is 10.2 Å². The minimum absolute atomic E-state index is 0.260. The Balaban J connectivity index is 2.32. The molecule has 2 atom stereocenters. The maximum atomic E-state index is 9.79. The van der Waals surface area contributed by atoms with E-state index in [1.54, 1.807) is 6.92 Å². The van der Waals surface area contributed by atoms with Gasteiger partial charge in [-0.3, -0.25) is 0 Å². The predicted octanol–water partition coefficient (Wildman–Crippen LogP) is 2.46. The lowest BCUT2D eigenvalue weighted by atomic mass is 10.0. The van der Waals surface area contributed by atoms with Gasteiger partial charge in [-0.1, -0.05) is 22.0 Å². The van der Waals surface area contributed by atoms with E-state index >= 15 is 0 Å². The van der Waals surface area contributed by atoms with Crippen molar-refractivity contribution in [1.82, 2.24) is 0 Å². The third-order valence-corrected chi connectivity index (χ3v) is 3.67. The molecule has 1 aliphatic rings. The first-order valence-electron chi connectivity index (χ1n) is 5.98. The fourth-order valence-electron chi connectivity index (χ4n) is 2.32. The minimum Gasteiger partial charge on any atom is -0.391 e. The maximum absolute atomic E-state index is 9.79. The Morgan fingerprint density at radius 1 is 1.47 bits per heavy atom. The highest BCUT2D eigenvalue weighted by atomic mass is 79.9. The molecule has 1 heterocycles. The first-order chi connectivity index (χ1) is 8.08. The number of aliphatic hydroxyl groups excluding tert-OH is 2. The molecule has 1 aliphatic heterocycles. The fraction of sp³-hybridized carbons (Fsp3) is 0.538. The molecule has 1 fully saturated rings. The molecule has 1 aromatic carbocycles. The second-order valence-electron chi connectivity index (χ2n) is 4.62. The maximum Gasteiger partial charge on any atom is 0.0782 e. The topological polar surface area (TPSA) is 43.7 Å². The van der Waals surface area contributed by atoms with E-state index in [2.05, 4.69) is 20.8 Å². The number of aliphatic hydroxyl groups is 2. The van der Waals surface area contributed by atoms with Crippen LogP contribution in [0.4, 0.5) is 5.69 Å². The molecule has 1 aromatic rings. The van der Waals surface area contributed by atoms with Crippen LogP contribution in [0.15, 0.2) is 22.7 Å². The Kier molecular flexibility index (Phi) is 4.07. The van der Waals surface area contributed by atoms with Gasteiger partial charge in [-0.05, 0) is 31.9 Å². The summed E-state index contributed by atoms with van der Waals surface area (Å²) in [5, 5.41) is 19.5. The van der Waals surface area contributed by atoms with Crippen molar-refractivity contribution < 1.29 is 10.2 Å². The van der Waals surface area contributed by atoms with Crippen molar-refractivity contribution in [2.24, 2.45) is 0 Å². The van der Waals surface area contributed by atoms with Crippen molar-refractivity contribution in [2.45, 2.75) is 32.0 Å². The molecule has 0 amide bonds. The molecule has 0 aromatic heterocycles. The number of nitrogens with zero attached hydrogens (tertiary/aromatic N) is 1. The van der Waals surface area contributed by atoms with Gasteiger partial charge in [-0.25, -0.2) is 0 Å². The zero-order valence-corrected chi connectivity index (χ0v) is 11.5. The van der Waals surface area contributed by atoms with Gasteiger partial charge in [-0.15, -0.1) is 0 Å². The molecular weight excluding hydrogens is 282 g/mol. The second-order valence-corrected chi connectivity index (χ2v) is 5.54. The van der Waals surface area contributed by atoms with E-state index in [1.807, 2.05) is 18.2 Å². The van der Waals surface area contributed by atoms with E-state index in [0.29, 0.717) is 6.54 Å². The Bertz CT molecular complexity index is 395. The molecule has 1 saturated heterocycles. The van der Waals surface area contributed by atoms with Crippen LogP contribution < -0.4 is 4.90 Å². The van der Waals surface area contributed by atoms with Gasteiger partial charge in [0.25, 0.3) is 0 Å². The average Bonchev–Trinajstić information content (AvgIpc) is 2.28. The van der Waals surface area contributed by atoms with Crippen LogP contribution in [-0.4, -0.2) is 29.4 Å². The molecule has 4 heteroatoms. The van der Waals surface area contributed by atoms with Crippen LogP contribution in [0, 0.1) is 0 Å². The Labute approximate surface area is 110 Å². The molecule has 2 N–H and O–H groups in total. The average molecular weight is 300 g/mol. The number of hydrogen-bond acceptors (Lipinski definition) is 3. The number of benzene rings is 1. The molecule has 3 nitrogen and oxygen atoms in total. The lowest BCUT2D eigenvalue weighted by molar-refractivity contribution is 0.153. The highest BCUT2D eigenvalue weighted by Gasteiger charge is 2.21. The Hall–Kier alpha value is -0.580. The molecule has 17 heavy (non-hydrogen) atoms. The summed E-state index contributed by atoms with van der Waals surface area (Å²) in [7, 11) is 0. The zero-order chi connectivity index (χ0) is 12.4. The van der Waals surface area contributed by atoms with E-state index in [-0.39, 0.29) is 6.10 Å². The highest BCUT2D eigenvalue weighted by molar-refractivity contribution is 9.10. The van der Waals surface area contributed by atoms with Gasteiger partial charge in [0.15, 0.2) is 0 Å². The molecule has 2 rings (SSSR count). The standard InChI is InChI=1S/C13H18BrNO2/c1-9(16)12-5-4-10(14)7-13(12)15-6-2-3-11(17)8-15/h4-5,7,9,11,16-17H,2-3,6,8H2,1H3. The predicted molar refractivity (Wildman–Crippen MR) is 72.2 cm³/mol. The van der Waals surface area contributed by atoms with Gasteiger partial charge in [0.2, 0.25) is 0 Å². The number of anilines is 1. The van der Waals surface area contributed by atoms with Crippen molar-refractivity contribution in [1.29, 1.82) is 0 Å². The van der Waals surface area contributed by atoms with Crippen molar-refractivity contribution in [3.05, 3.63) is 28.2 Å². The number of piperidine rings is 1. The van der Waals surface area contributed by atoms with Crippen LogP contribution in [-0.2, 0) is 0 Å². The largest absolute Gasteiger partial charge is 0.391 e. The summed E-state index contributed by atoms with van der Waals surface area (Å²) in [6.45, 7) is 3.36. The minimum atomic E-state index is -0.489. The van der Waals surface area contributed by atoms with Crippen molar-refractivity contribution in [3.63, 3.8) is 0 Å². The van der Waals surface area contributed by atoms with E-state index in [1.165, 1.54) is 0 Å². The number of rotatable bonds is 2. The Morgan fingerprint density at radius 3 is 2.88 bits per heavy atom. The van der Waals surface area contributed by atoms with Crippen LogP contribution in [0.25, 0.3) is 0 Å². The number of halogens is 1. The fourth-order valence-corrected chi connectivity index (χ4v) is 2.67. The first-order valence-corrected chi connectivity index (χ1v) is 6.77. The van der Waals surface area contributed by atoms with Crippen molar-refractivity contribution >= 4 is 21.6 Å². The van der Waals surface area contributed by atoms with Gasteiger partial charge in [0, 0.05) is 28.8 Å². The van der Waals surface area contributed by atoms with Crippen LogP contribution in [0.2, 0.25) is 0 Å². The lowest BCUT2D eigenvalue weighted by Crippen LogP contribution is -2.38. The molecule has 2 unspecified atom stereocenters. The van der Waals surface area contributed by atoms with Gasteiger partial charge < -0.3 is 15.1 Å². The number of hydrogen-bond donors (Lipinski definition) is 2. The summed E-state index contributed by atoms with van der Waals surface area (Å²) >= 11 is 3.46. The Morgan fingerprint density at radius 2 is 2.24 bits per heavy atom. The smallest absolute Gasteiger partial charge is 0.0782 e. The van der Waals surface area contributed by atoms with Crippen molar-refractivity contribution in [2.75, 3.05) is 18.0 Å². The van der Waals surface area contributed by atoms with Crippen LogP contribution in [0.3, 0.4) is 0 Å². The number of β-amino-alcohol motifs (C(OH)–C–C–N with tert-alkyl or cyclic N) is 1. The highest BCUT2D eigenvalue weighted by Crippen LogP contribution is 2.31. The second kappa shape index (κ2) is 5.38. The molecular formula is C13H18BrNO2. The van der Waals surface area contributed by atoms with E-state index in [4.69, 9.17) is 0 Å². The lowest BCUT2D eigenvalue weighted by Gasteiger charge is -2.34. The SMILES string of the molecule is CC(O)c1ccc(Br)cc1N1CCCC(O)C1. The zero-order valence-electron chi connectivity index (χ0n) is 9.93. The third kappa shape index (κ3) is 3.00. The summed E-state index contributed by atoms with van der Waals surface area (Å²) in [5.74, 6) is 0. The van der Waals surface area contributed by atoms with Gasteiger partial charge in [0.05, 0.1) is 12.2 Å². The normalized spacial score (nSPS) is 22.6. The van der Waals surface area contributed by atoms with Gasteiger partial charge >= 0.3 is 0 Å². The molecule has 0 saturated carbocycles. The molecule has 0 spiro atoms. The summed E-state index contributed by atoms with van der Waals surface area (Å²) in [4.78, 5) is 2.15. The molecule has 0 radical (unpaired) electrons. The first kappa shape index (κ1) is 12.9. The summed E-state index contributed by atoms with van der Waals surface area (Å²) in [6.07, 6.45) is 1.11. The van der Waals surface area contributed by atoms with Gasteiger partial charge in [-0.2, -0.15) is 0 Å². The van der Waals surface area contributed by atoms with Crippen LogP contribution in [0.5, 0.6) is 0 Å². The quantitative estimate of drug-likeness (QED) is 0.882. The summed E-state index contributed by atoms with van der Waals surface area (Å²) in [6, 6.07) is 5.89. The van der Waals surface area contributed by atoms with Crippen LogP contribution >= 0.6 is 15.9 Å². The van der Waals surface area contributed by atoms with Crippen LogP contribution in [0.1, 0.15) is 31.4 Å². The monoisotopic (exact) mass is 299 g/mol.